The SMILES string of the molecule is CCNC(c1cccc(OC)c1)c1ccoc1Cl. The van der Waals surface area contributed by atoms with Crippen molar-refractivity contribution in [3.63, 3.8) is 0 Å². The van der Waals surface area contributed by atoms with Gasteiger partial charge in [0, 0.05) is 5.56 Å². The molecule has 0 radical (unpaired) electrons. The van der Waals surface area contributed by atoms with Crippen LogP contribution in [0.2, 0.25) is 5.22 Å². The van der Waals surface area contributed by atoms with Gasteiger partial charge in [0.15, 0.2) is 5.22 Å². The molecule has 0 bridgehead atoms. The van der Waals surface area contributed by atoms with Crippen LogP contribution in [0.4, 0.5) is 0 Å². The lowest BCUT2D eigenvalue weighted by molar-refractivity contribution is 0.413. The Morgan fingerprint density at radius 1 is 1.39 bits per heavy atom. The molecule has 3 nitrogen and oxygen atoms in total. The molecule has 0 saturated carbocycles. The molecule has 1 heterocycles. The molecule has 0 amide bonds. The Morgan fingerprint density at radius 2 is 2.22 bits per heavy atom. The van der Waals surface area contributed by atoms with Gasteiger partial charge in [0.05, 0.1) is 19.4 Å². The van der Waals surface area contributed by atoms with Gasteiger partial charge in [-0.1, -0.05) is 19.1 Å². The molecule has 0 fully saturated rings. The number of hydrogen-bond donors (Lipinski definition) is 1. The van der Waals surface area contributed by atoms with Gasteiger partial charge in [-0.2, -0.15) is 0 Å². The van der Waals surface area contributed by atoms with Gasteiger partial charge in [0.2, 0.25) is 0 Å². The summed E-state index contributed by atoms with van der Waals surface area (Å²) in [5.74, 6) is 0.829. The number of rotatable bonds is 5. The Balaban J connectivity index is 2.38. The van der Waals surface area contributed by atoms with E-state index >= 15 is 0 Å². The van der Waals surface area contributed by atoms with Crippen molar-refractivity contribution < 1.29 is 9.15 Å². The quantitative estimate of drug-likeness (QED) is 0.896. The largest absolute Gasteiger partial charge is 0.497 e. The van der Waals surface area contributed by atoms with Crippen LogP contribution in [0.15, 0.2) is 41.0 Å². The number of methoxy groups -OCH3 is 1. The van der Waals surface area contributed by atoms with Crippen LogP contribution in [0.1, 0.15) is 24.1 Å². The van der Waals surface area contributed by atoms with Gasteiger partial charge in [0.1, 0.15) is 5.75 Å². The number of benzene rings is 1. The average Bonchev–Trinajstić information content (AvgIpc) is 2.82. The molecule has 1 aromatic heterocycles. The van der Waals surface area contributed by atoms with E-state index in [0.717, 1.165) is 23.4 Å². The maximum Gasteiger partial charge on any atom is 0.198 e. The summed E-state index contributed by atoms with van der Waals surface area (Å²) in [5.41, 5.74) is 2.03. The third-order valence-corrected chi connectivity index (χ3v) is 3.10. The van der Waals surface area contributed by atoms with E-state index in [1.165, 1.54) is 0 Å². The fourth-order valence-corrected chi connectivity index (χ4v) is 2.17. The van der Waals surface area contributed by atoms with Crippen molar-refractivity contribution in [3.8, 4) is 5.75 Å². The summed E-state index contributed by atoms with van der Waals surface area (Å²) in [6, 6.07) is 9.82. The summed E-state index contributed by atoms with van der Waals surface area (Å²) >= 11 is 6.06. The van der Waals surface area contributed by atoms with Crippen molar-refractivity contribution >= 4 is 11.6 Å². The van der Waals surface area contributed by atoms with E-state index in [0.29, 0.717) is 5.22 Å². The number of ether oxygens (including phenoxy) is 1. The number of halogens is 1. The molecular formula is C14H16ClNO2. The molecule has 1 atom stereocenters. The molecule has 2 rings (SSSR count). The Bertz CT molecular complexity index is 510. The van der Waals surface area contributed by atoms with E-state index < -0.39 is 0 Å². The second-order valence-electron chi connectivity index (χ2n) is 3.92. The first-order valence-electron chi connectivity index (χ1n) is 5.86. The lowest BCUT2D eigenvalue weighted by atomic mass is 10.0. The third kappa shape index (κ3) is 2.68. The maximum atomic E-state index is 6.06. The monoisotopic (exact) mass is 265 g/mol. The van der Waals surface area contributed by atoms with Gasteiger partial charge >= 0.3 is 0 Å². The molecule has 2 aromatic rings. The van der Waals surface area contributed by atoms with E-state index in [9.17, 15) is 0 Å². The molecule has 0 spiro atoms. The summed E-state index contributed by atoms with van der Waals surface area (Å²) in [6.07, 6.45) is 1.60. The standard InChI is InChI=1S/C14H16ClNO2/c1-3-16-13(12-7-8-18-14(12)15)10-5-4-6-11(9-10)17-2/h4-9,13,16H,3H2,1-2H3. The second-order valence-corrected chi connectivity index (χ2v) is 4.26. The van der Waals surface area contributed by atoms with Gasteiger partial charge in [-0.25, -0.2) is 0 Å². The first kappa shape index (κ1) is 13.0. The van der Waals surface area contributed by atoms with Crippen molar-refractivity contribution in [3.05, 3.63) is 52.9 Å². The molecule has 18 heavy (non-hydrogen) atoms. The first-order valence-corrected chi connectivity index (χ1v) is 6.24. The van der Waals surface area contributed by atoms with E-state index in [1.807, 2.05) is 30.3 Å². The highest BCUT2D eigenvalue weighted by molar-refractivity contribution is 6.29. The topological polar surface area (TPSA) is 34.4 Å². The van der Waals surface area contributed by atoms with Crippen LogP contribution < -0.4 is 10.1 Å². The number of nitrogens with one attached hydrogen (secondary N) is 1. The van der Waals surface area contributed by atoms with Crippen LogP contribution in [0.5, 0.6) is 5.75 Å². The van der Waals surface area contributed by atoms with E-state index in [2.05, 4.69) is 12.2 Å². The van der Waals surface area contributed by atoms with Crippen LogP contribution in [-0.2, 0) is 0 Å². The molecule has 0 saturated heterocycles. The van der Waals surface area contributed by atoms with Gasteiger partial charge in [-0.05, 0) is 41.9 Å². The predicted octanol–water partition coefficient (Wildman–Crippen LogP) is 3.64. The summed E-state index contributed by atoms with van der Waals surface area (Å²) in [7, 11) is 1.66. The Hall–Kier alpha value is -1.45. The van der Waals surface area contributed by atoms with E-state index in [1.54, 1.807) is 13.4 Å². The molecule has 0 aliphatic heterocycles. The molecule has 4 heteroatoms. The van der Waals surface area contributed by atoms with Crippen molar-refractivity contribution in [1.82, 2.24) is 5.32 Å². The molecule has 0 aliphatic carbocycles. The molecule has 1 N–H and O–H groups in total. The Labute approximate surface area is 112 Å². The molecular weight excluding hydrogens is 250 g/mol. The number of hydrogen-bond acceptors (Lipinski definition) is 3. The minimum atomic E-state index is 0.0105. The van der Waals surface area contributed by atoms with Crippen LogP contribution in [-0.4, -0.2) is 13.7 Å². The maximum absolute atomic E-state index is 6.06. The first-order chi connectivity index (χ1) is 8.76. The molecule has 0 aliphatic rings. The van der Waals surface area contributed by atoms with E-state index in [-0.39, 0.29) is 6.04 Å². The van der Waals surface area contributed by atoms with Crippen molar-refractivity contribution in [1.29, 1.82) is 0 Å². The average molecular weight is 266 g/mol. The minimum Gasteiger partial charge on any atom is -0.497 e. The zero-order valence-corrected chi connectivity index (χ0v) is 11.2. The van der Waals surface area contributed by atoms with Crippen molar-refractivity contribution in [2.45, 2.75) is 13.0 Å². The van der Waals surface area contributed by atoms with Gasteiger partial charge in [-0.15, -0.1) is 0 Å². The Kier molecular flexibility index (Phi) is 4.28. The highest BCUT2D eigenvalue weighted by Gasteiger charge is 2.18. The van der Waals surface area contributed by atoms with Gasteiger partial charge in [0.25, 0.3) is 0 Å². The van der Waals surface area contributed by atoms with Crippen molar-refractivity contribution in [2.24, 2.45) is 0 Å². The second kappa shape index (κ2) is 5.94. The zero-order valence-electron chi connectivity index (χ0n) is 10.4. The fraction of sp³-hybridized carbons (Fsp3) is 0.286. The predicted molar refractivity (Wildman–Crippen MR) is 72.2 cm³/mol. The zero-order chi connectivity index (χ0) is 13.0. The van der Waals surface area contributed by atoms with Crippen LogP contribution in [0, 0.1) is 0 Å². The lowest BCUT2D eigenvalue weighted by Gasteiger charge is -2.18. The summed E-state index contributed by atoms with van der Waals surface area (Å²) in [6.45, 7) is 2.89. The molecule has 1 unspecified atom stereocenters. The van der Waals surface area contributed by atoms with Gasteiger partial charge < -0.3 is 14.5 Å². The minimum absolute atomic E-state index is 0.0105. The molecule has 1 aromatic carbocycles. The fourth-order valence-electron chi connectivity index (χ4n) is 1.94. The van der Waals surface area contributed by atoms with Gasteiger partial charge in [-0.3, -0.25) is 0 Å². The van der Waals surface area contributed by atoms with Crippen LogP contribution in [0.25, 0.3) is 0 Å². The van der Waals surface area contributed by atoms with E-state index in [4.69, 9.17) is 20.8 Å². The smallest absolute Gasteiger partial charge is 0.198 e. The molecule has 96 valence electrons. The Morgan fingerprint density at radius 3 is 2.83 bits per heavy atom. The lowest BCUT2D eigenvalue weighted by Crippen LogP contribution is -2.21. The van der Waals surface area contributed by atoms with Crippen molar-refractivity contribution in [2.75, 3.05) is 13.7 Å². The summed E-state index contributed by atoms with van der Waals surface area (Å²) in [5, 5.41) is 3.81. The summed E-state index contributed by atoms with van der Waals surface area (Å²) < 4.78 is 10.4. The third-order valence-electron chi connectivity index (χ3n) is 2.79. The van der Waals surface area contributed by atoms with Crippen LogP contribution in [0.3, 0.4) is 0 Å². The number of furan rings is 1. The van der Waals surface area contributed by atoms with Crippen LogP contribution >= 0.6 is 11.6 Å². The highest BCUT2D eigenvalue weighted by atomic mass is 35.5. The normalized spacial score (nSPS) is 12.4. The summed E-state index contributed by atoms with van der Waals surface area (Å²) in [4.78, 5) is 0. The highest BCUT2D eigenvalue weighted by Crippen LogP contribution is 2.30.